The molecule has 1 amide bonds. The van der Waals surface area contributed by atoms with Crippen molar-refractivity contribution in [3.05, 3.63) is 10.6 Å². The van der Waals surface area contributed by atoms with Crippen LogP contribution >= 0.6 is 11.5 Å². The third kappa shape index (κ3) is 2.35. The molecule has 1 aliphatic heterocycles. The van der Waals surface area contributed by atoms with E-state index in [4.69, 9.17) is 4.74 Å². The maximum absolute atomic E-state index is 12.2. The maximum Gasteiger partial charge on any atom is 0.310 e. The number of hydrogen-bond acceptors (Lipinski definition) is 6. The van der Waals surface area contributed by atoms with Gasteiger partial charge in [-0.2, -0.15) is 0 Å². The van der Waals surface area contributed by atoms with E-state index < -0.39 is 0 Å². The second-order valence-corrected chi connectivity index (χ2v) is 4.92. The van der Waals surface area contributed by atoms with Crippen LogP contribution < -0.4 is 0 Å². The van der Waals surface area contributed by atoms with Crippen molar-refractivity contribution in [3.63, 3.8) is 0 Å². The lowest BCUT2D eigenvalue weighted by Crippen LogP contribution is -2.30. The van der Waals surface area contributed by atoms with Crippen LogP contribution in [0.25, 0.3) is 0 Å². The molecular formula is C11H15N3O3S. The number of rotatable bonds is 3. The SMILES string of the molecule is CCc1nnsc1C(=O)N1CCC(C(=O)OC)C1. The van der Waals surface area contributed by atoms with Crippen molar-refractivity contribution in [3.8, 4) is 0 Å². The van der Waals surface area contributed by atoms with Crippen LogP contribution in [-0.4, -0.2) is 46.6 Å². The predicted octanol–water partition coefficient (Wildman–Crippen LogP) is 0.736. The number of nitrogens with zero attached hydrogens (tertiary/aromatic N) is 3. The van der Waals surface area contributed by atoms with Crippen molar-refractivity contribution in [2.75, 3.05) is 20.2 Å². The van der Waals surface area contributed by atoms with Gasteiger partial charge in [0.25, 0.3) is 5.91 Å². The molecule has 1 aromatic heterocycles. The van der Waals surface area contributed by atoms with Gasteiger partial charge in [-0.3, -0.25) is 9.59 Å². The van der Waals surface area contributed by atoms with E-state index in [0.29, 0.717) is 30.8 Å². The standard InChI is InChI=1S/C11H15N3O3S/c1-3-8-9(18-13-12-8)10(15)14-5-4-7(6-14)11(16)17-2/h7H,3-6H2,1-2H3. The van der Waals surface area contributed by atoms with E-state index in [0.717, 1.165) is 17.2 Å². The second-order valence-electron chi connectivity index (χ2n) is 4.16. The molecule has 0 aliphatic carbocycles. The molecule has 1 saturated heterocycles. The Balaban J connectivity index is 2.06. The summed E-state index contributed by atoms with van der Waals surface area (Å²) in [6.45, 7) is 2.95. The van der Waals surface area contributed by atoms with Crippen molar-refractivity contribution >= 4 is 23.4 Å². The summed E-state index contributed by atoms with van der Waals surface area (Å²) in [6, 6.07) is 0. The van der Waals surface area contributed by atoms with Gasteiger partial charge in [0.05, 0.1) is 18.7 Å². The molecule has 2 heterocycles. The summed E-state index contributed by atoms with van der Waals surface area (Å²) in [4.78, 5) is 25.9. The first-order valence-electron chi connectivity index (χ1n) is 5.85. The Morgan fingerprint density at radius 3 is 3.00 bits per heavy atom. The van der Waals surface area contributed by atoms with Crippen LogP contribution in [0.3, 0.4) is 0 Å². The first kappa shape index (κ1) is 12.9. The van der Waals surface area contributed by atoms with Crippen LogP contribution in [0.2, 0.25) is 0 Å². The van der Waals surface area contributed by atoms with E-state index in [1.54, 1.807) is 4.90 Å². The van der Waals surface area contributed by atoms with E-state index >= 15 is 0 Å². The number of carbonyl (C=O) groups excluding carboxylic acids is 2. The molecule has 1 aromatic rings. The van der Waals surface area contributed by atoms with Crippen LogP contribution in [0.5, 0.6) is 0 Å². The Kier molecular flexibility index (Phi) is 3.90. The Morgan fingerprint density at radius 2 is 2.33 bits per heavy atom. The highest BCUT2D eigenvalue weighted by atomic mass is 32.1. The van der Waals surface area contributed by atoms with Crippen molar-refractivity contribution < 1.29 is 14.3 Å². The average molecular weight is 269 g/mol. The van der Waals surface area contributed by atoms with Crippen molar-refractivity contribution in [2.45, 2.75) is 19.8 Å². The average Bonchev–Trinajstić information content (AvgIpc) is 3.05. The lowest BCUT2D eigenvalue weighted by Gasteiger charge is -2.15. The summed E-state index contributed by atoms with van der Waals surface area (Å²) in [6.07, 6.45) is 1.35. The van der Waals surface area contributed by atoms with Crippen molar-refractivity contribution in [1.29, 1.82) is 0 Å². The number of esters is 1. The Morgan fingerprint density at radius 1 is 1.56 bits per heavy atom. The van der Waals surface area contributed by atoms with E-state index in [1.165, 1.54) is 7.11 Å². The van der Waals surface area contributed by atoms with Gasteiger partial charge in [-0.25, -0.2) is 0 Å². The molecule has 7 heteroatoms. The molecule has 1 aliphatic rings. The highest BCUT2D eigenvalue weighted by Gasteiger charge is 2.33. The fourth-order valence-corrected chi connectivity index (χ4v) is 2.77. The van der Waals surface area contributed by atoms with Gasteiger partial charge < -0.3 is 9.64 Å². The molecule has 6 nitrogen and oxygen atoms in total. The number of hydrogen-bond donors (Lipinski definition) is 0. The summed E-state index contributed by atoms with van der Waals surface area (Å²) >= 11 is 1.12. The molecule has 18 heavy (non-hydrogen) atoms. The van der Waals surface area contributed by atoms with Crippen LogP contribution in [0.1, 0.15) is 28.7 Å². The number of aryl methyl sites for hydroxylation is 1. The maximum atomic E-state index is 12.2. The molecule has 1 atom stereocenters. The second kappa shape index (κ2) is 5.43. The predicted molar refractivity (Wildman–Crippen MR) is 65.3 cm³/mol. The van der Waals surface area contributed by atoms with Gasteiger partial charge in [-0.15, -0.1) is 5.10 Å². The highest BCUT2D eigenvalue weighted by Crippen LogP contribution is 2.22. The topological polar surface area (TPSA) is 72.4 Å². The summed E-state index contributed by atoms with van der Waals surface area (Å²) in [7, 11) is 1.37. The molecule has 0 bridgehead atoms. The zero-order valence-electron chi connectivity index (χ0n) is 10.4. The van der Waals surface area contributed by atoms with E-state index in [9.17, 15) is 9.59 Å². The highest BCUT2D eigenvalue weighted by molar-refractivity contribution is 7.08. The summed E-state index contributed by atoms with van der Waals surface area (Å²) in [5, 5.41) is 3.93. The number of carbonyl (C=O) groups is 2. The Hall–Kier alpha value is -1.50. The lowest BCUT2D eigenvalue weighted by atomic mass is 10.1. The third-order valence-corrected chi connectivity index (χ3v) is 3.85. The van der Waals surface area contributed by atoms with Gasteiger partial charge in [-0.05, 0) is 24.4 Å². The van der Waals surface area contributed by atoms with Gasteiger partial charge in [0.1, 0.15) is 4.88 Å². The van der Waals surface area contributed by atoms with Crippen molar-refractivity contribution in [1.82, 2.24) is 14.5 Å². The molecule has 2 rings (SSSR count). The molecule has 0 spiro atoms. The van der Waals surface area contributed by atoms with Crippen LogP contribution in [-0.2, 0) is 16.0 Å². The smallest absolute Gasteiger partial charge is 0.310 e. The summed E-state index contributed by atoms with van der Waals surface area (Å²) in [5.74, 6) is -0.526. The number of likely N-dealkylation sites (tertiary alicyclic amines) is 1. The van der Waals surface area contributed by atoms with Gasteiger partial charge in [0.15, 0.2) is 0 Å². The van der Waals surface area contributed by atoms with Gasteiger partial charge in [0, 0.05) is 13.1 Å². The van der Waals surface area contributed by atoms with Gasteiger partial charge in [-0.1, -0.05) is 11.4 Å². The lowest BCUT2D eigenvalue weighted by molar-refractivity contribution is -0.144. The Bertz CT molecular complexity index is 460. The summed E-state index contributed by atoms with van der Waals surface area (Å²) < 4.78 is 8.51. The molecule has 98 valence electrons. The molecule has 0 N–H and O–H groups in total. The zero-order chi connectivity index (χ0) is 13.1. The Labute approximate surface area is 109 Å². The number of amides is 1. The van der Waals surface area contributed by atoms with Crippen LogP contribution in [0.15, 0.2) is 0 Å². The van der Waals surface area contributed by atoms with E-state index in [2.05, 4.69) is 9.59 Å². The fourth-order valence-electron chi connectivity index (χ4n) is 2.05. The molecule has 0 radical (unpaired) electrons. The zero-order valence-corrected chi connectivity index (χ0v) is 11.2. The molecule has 0 saturated carbocycles. The minimum absolute atomic E-state index is 0.0757. The van der Waals surface area contributed by atoms with E-state index in [1.807, 2.05) is 6.92 Å². The number of ether oxygens (including phenoxy) is 1. The molecule has 0 aromatic carbocycles. The van der Waals surface area contributed by atoms with E-state index in [-0.39, 0.29) is 17.8 Å². The molecule has 1 unspecified atom stereocenters. The molecule has 1 fully saturated rings. The quantitative estimate of drug-likeness (QED) is 0.757. The first-order valence-corrected chi connectivity index (χ1v) is 6.63. The van der Waals surface area contributed by atoms with Crippen molar-refractivity contribution in [2.24, 2.45) is 5.92 Å². The van der Waals surface area contributed by atoms with Crippen LogP contribution in [0, 0.1) is 5.92 Å². The summed E-state index contributed by atoms with van der Waals surface area (Å²) in [5.41, 5.74) is 0.728. The fraction of sp³-hybridized carbons (Fsp3) is 0.636. The minimum Gasteiger partial charge on any atom is -0.469 e. The monoisotopic (exact) mass is 269 g/mol. The largest absolute Gasteiger partial charge is 0.469 e. The van der Waals surface area contributed by atoms with Gasteiger partial charge >= 0.3 is 5.97 Å². The van der Waals surface area contributed by atoms with Crippen LogP contribution in [0.4, 0.5) is 0 Å². The minimum atomic E-state index is -0.247. The first-order chi connectivity index (χ1) is 8.67. The van der Waals surface area contributed by atoms with Gasteiger partial charge in [0.2, 0.25) is 0 Å². The third-order valence-electron chi connectivity index (χ3n) is 3.09. The molecular weight excluding hydrogens is 254 g/mol. The normalized spacial score (nSPS) is 19.0. The number of methoxy groups -OCH3 is 1. The number of aromatic nitrogens is 2.